The number of nitrogens with zero attached hydrogens (tertiary/aromatic N) is 2. The van der Waals surface area contributed by atoms with Crippen molar-refractivity contribution in [3.8, 4) is 0 Å². The quantitative estimate of drug-likeness (QED) is 0.912. The zero-order chi connectivity index (χ0) is 13.8. The first kappa shape index (κ1) is 13.3. The first-order valence-corrected chi connectivity index (χ1v) is 7.65. The van der Waals surface area contributed by atoms with Gasteiger partial charge in [0.15, 0.2) is 0 Å². The van der Waals surface area contributed by atoms with Crippen LogP contribution in [0, 0.1) is 5.92 Å². The molecule has 2 atom stereocenters. The van der Waals surface area contributed by atoms with Crippen molar-refractivity contribution in [1.29, 1.82) is 0 Å². The van der Waals surface area contributed by atoms with E-state index < -0.39 is 0 Å². The summed E-state index contributed by atoms with van der Waals surface area (Å²) in [6.07, 6.45) is 4.50. The molecule has 1 aliphatic heterocycles. The van der Waals surface area contributed by atoms with Gasteiger partial charge in [0.05, 0.1) is 18.6 Å². The maximum atomic E-state index is 12.1. The normalized spacial score (nSPS) is 19.9. The second-order valence-electron chi connectivity index (χ2n) is 4.86. The monoisotopic (exact) mass is 291 g/mol. The Labute approximate surface area is 121 Å². The van der Waals surface area contributed by atoms with E-state index in [9.17, 15) is 4.79 Å². The summed E-state index contributed by atoms with van der Waals surface area (Å²) >= 11 is 1.65. The van der Waals surface area contributed by atoms with E-state index in [1.165, 1.54) is 5.56 Å². The molecule has 6 heteroatoms. The fourth-order valence-corrected chi connectivity index (χ4v) is 3.08. The minimum Gasteiger partial charge on any atom is -0.381 e. The van der Waals surface area contributed by atoms with E-state index in [0.29, 0.717) is 19.8 Å². The molecule has 106 valence electrons. The van der Waals surface area contributed by atoms with Gasteiger partial charge in [0.2, 0.25) is 5.91 Å². The number of ether oxygens (including phenoxy) is 1. The number of carbonyl (C=O) groups is 1. The molecule has 5 nitrogen and oxygen atoms in total. The lowest BCUT2D eigenvalue weighted by atomic mass is 10.1. The third-order valence-electron chi connectivity index (χ3n) is 3.54. The van der Waals surface area contributed by atoms with E-state index in [-0.39, 0.29) is 17.9 Å². The molecule has 0 aromatic carbocycles. The van der Waals surface area contributed by atoms with Gasteiger partial charge in [-0.3, -0.25) is 9.48 Å². The number of aromatic nitrogens is 2. The molecule has 0 spiro atoms. The Kier molecular flexibility index (Phi) is 4.13. The molecule has 1 saturated heterocycles. The highest BCUT2D eigenvalue weighted by Gasteiger charge is 2.24. The molecular weight excluding hydrogens is 274 g/mol. The van der Waals surface area contributed by atoms with E-state index in [1.54, 1.807) is 17.5 Å². The van der Waals surface area contributed by atoms with Gasteiger partial charge in [-0.05, 0) is 34.9 Å². The molecule has 0 saturated carbocycles. The Morgan fingerprint density at radius 2 is 2.60 bits per heavy atom. The van der Waals surface area contributed by atoms with Gasteiger partial charge in [0.1, 0.15) is 0 Å². The Balaban J connectivity index is 1.66. The van der Waals surface area contributed by atoms with Crippen molar-refractivity contribution in [2.75, 3.05) is 19.8 Å². The minimum absolute atomic E-state index is 0.00394. The molecule has 3 rings (SSSR count). The van der Waals surface area contributed by atoms with Gasteiger partial charge in [0.25, 0.3) is 0 Å². The van der Waals surface area contributed by atoms with Gasteiger partial charge in [0, 0.05) is 25.5 Å². The molecule has 20 heavy (non-hydrogen) atoms. The van der Waals surface area contributed by atoms with Crippen LogP contribution in [0.4, 0.5) is 0 Å². The van der Waals surface area contributed by atoms with E-state index in [2.05, 4.69) is 21.9 Å². The molecule has 1 fully saturated rings. The van der Waals surface area contributed by atoms with Crippen molar-refractivity contribution in [3.63, 3.8) is 0 Å². The van der Waals surface area contributed by atoms with Crippen LogP contribution in [0.5, 0.6) is 0 Å². The SMILES string of the molecule is O=C(NC[C@H](c1ccsc1)n1cccn1)[C@@H]1CCOC1. The third-order valence-corrected chi connectivity index (χ3v) is 4.24. The molecule has 0 radical (unpaired) electrons. The van der Waals surface area contributed by atoms with Crippen LogP contribution >= 0.6 is 11.3 Å². The third kappa shape index (κ3) is 2.91. The standard InChI is InChI=1S/C14H17N3O2S/c18-14(11-2-6-19-9-11)15-8-13(12-3-7-20-10-12)17-5-1-4-16-17/h1,3-5,7,10-11,13H,2,6,8-9H2,(H,15,18)/t11-,13-/m1/s1. The Bertz CT molecular complexity index is 499. The highest BCUT2D eigenvalue weighted by atomic mass is 32.1. The maximum absolute atomic E-state index is 12.1. The molecule has 3 heterocycles. The highest BCUT2D eigenvalue weighted by Crippen LogP contribution is 2.20. The van der Waals surface area contributed by atoms with Crippen LogP contribution in [-0.4, -0.2) is 35.4 Å². The highest BCUT2D eigenvalue weighted by molar-refractivity contribution is 7.07. The number of hydrogen-bond acceptors (Lipinski definition) is 4. The topological polar surface area (TPSA) is 56.2 Å². The molecule has 0 bridgehead atoms. The second kappa shape index (κ2) is 6.19. The lowest BCUT2D eigenvalue weighted by Crippen LogP contribution is -2.35. The summed E-state index contributed by atoms with van der Waals surface area (Å²) in [6, 6.07) is 4.01. The molecule has 1 amide bonds. The first-order chi connectivity index (χ1) is 9.84. The number of thiophene rings is 1. The zero-order valence-corrected chi connectivity index (χ0v) is 11.9. The number of nitrogens with one attached hydrogen (secondary N) is 1. The molecule has 0 unspecified atom stereocenters. The fraction of sp³-hybridized carbons (Fsp3) is 0.429. The van der Waals surface area contributed by atoms with Crippen molar-refractivity contribution >= 4 is 17.2 Å². The molecular formula is C14H17N3O2S. The van der Waals surface area contributed by atoms with Gasteiger partial charge in [-0.1, -0.05) is 0 Å². The average Bonchev–Trinajstić information content (AvgIpc) is 3.22. The second-order valence-corrected chi connectivity index (χ2v) is 5.64. The van der Waals surface area contributed by atoms with Crippen molar-refractivity contribution in [1.82, 2.24) is 15.1 Å². The number of rotatable bonds is 5. The van der Waals surface area contributed by atoms with Crippen LogP contribution in [0.1, 0.15) is 18.0 Å². The summed E-state index contributed by atoms with van der Waals surface area (Å²) in [5.74, 6) is 0.0747. The van der Waals surface area contributed by atoms with Gasteiger partial charge < -0.3 is 10.1 Å². The van der Waals surface area contributed by atoms with E-state index >= 15 is 0 Å². The summed E-state index contributed by atoms with van der Waals surface area (Å²) in [5.41, 5.74) is 1.17. The molecule has 2 aromatic rings. The number of carbonyl (C=O) groups excluding carboxylic acids is 1. The minimum atomic E-state index is -0.00394. The van der Waals surface area contributed by atoms with Crippen molar-refractivity contribution in [2.45, 2.75) is 12.5 Å². The largest absolute Gasteiger partial charge is 0.381 e. The number of hydrogen-bond donors (Lipinski definition) is 1. The van der Waals surface area contributed by atoms with Gasteiger partial charge in [-0.2, -0.15) is 16.4 Å². The summed E-state index contributed by atoms with van der Waals surface area (Å²) in [7, 11) is 0. The van der Waals surface area contributed by atoms with Gasteiger partial charge >= 0.3 is 0 Å². The molecule has 1 N–H and O–H groups in total. The summed E-state index contributed by atoms with van der Waals surface area (Å²) in [6.45, 7) is 1.77. The van der Waals surface area contributed by atoms with Crippen LogP contribution in [-0.2, 0) is 9.53 Å². The summed E-state index contributed by atoms with van der Waals surface area (Å²) < 4.78 is 7.14. The van der Waals surface area contributed by atoms with Crippen molar-refractivity contribution in [2.24, 2.45) is 5.92 Å². The predicted octanol–water partition coefficient (Wildman–Crippen LogP) is 1.69. The van der Waals surface area contributed by atoms with E-state index in [0.717, 1.165) is 6.42 Å². The predicted molar refractivity (Wildman–Crippen MR) is 76.6 cm³/mol. The molecule has 2 aromatic heterocycles. The Hall–Kier alpha value is -1.66. The smallest absolute Gasteiger partial charge is 0.225 e. The van der Waals surface area contributed by atoms with Crippen LogP contribution in [0.25, 0.3) is 0 Å². The fourth-order valence-electron chi connectivity index (χ4n) is 2.38. The Morgan fingerprint density at radius 1 is 1.65 bits per heavy atom. The van der Waals surface area contributed by atoms with Crippen molar-refractivity contribution in [3.05, 3.63) is 40.8 Å². The van der Waals surface area contributed by atoms with Crippen LogP contribution in [0.3, 0.4) is 0 Å². The molecule has 0 aliphatic carbocycles. The van der Waals surface area contributed by atoms with E-state index in [4.69, 9.17) is 4.74 Å². The Morgan fingerprint density at radius 3 is 3.25 bits per heavy atom. The van der Waals surface area contributed by atoms with Gasteiger partial charge in [-0.25, -0.2) is 0 Å². The van der Waals surface area contributed by atoms with Crippen LogP contribution in [0.2, 0.25) is 0 Å². The van der Waals surface area contributed by atoms with Crippen molar-refractivity contribution < 1.29 is 9.53 Å². The summed E-state index contributed by atoms with van der Waals surface area (Å²) in [5, 5.41) is 11.5. The number of amides is 1. The lowest BCUT2D eigenvalue weighted by molar-refractivity contribution is -0.125. The van der Waals surface area contributed by atoms with Crippen LogP contribution < -0.4 is 5.32 Å². The summed E-state index contributed by atoms with van der Waals surface area (Å²) in [4.78, 5) is 12.1. The average molecular weight is 291 g/mol. The molecule has 1 aliphatic rings. The van der Waals surface area contributed by atoms with E-state index in [1.807, 2.05) is 22.3 Å². The maximum Gasteiger partial charge on any atom is 0.225 e. The first-order valence-electron chi connectivity index (χ1n) is 6.71. The lowest BCUT2D eigenvalue weighted by Gasteiger charge is -2.18. The van der Waals surface area contributed by atoms with Gasteiger partial charge in [-0.15, -0.1) is 0 Å². The van der Waals surface area contributed by atoms with Crippen LogP contribution in [0.15, 0.2) is 35.3 Å². The zero-order valence-electron chi connectivity index (χ0n) is 11.1.